The van der Waals surface area contributed by atoms with E-state index in [1.54, 1.807) is 60.7 Å². The van der Waals surface area contributed by atoms with Gasteiger partial charge in [-0.15, -0.1) is 10.2 Å². The maximum atomic E-state index is 12.8. The quantitative estimate of drug-likeness (QED) is 0.363. The minimum absolute atomic E-state index is 0.0997. The summed E-state index contributed by atoms with van der Waals surface area (Å²) in [6.07, 6.45) is 1.98. The Labute approximate surface area is 215 Å². The van der Waals surface area contributed by atoms with Crippen molar-refractivity contribution in [3.8, 4) is 11.6 Å². The van der Waals surface area contributed by atoms with Crippen LogP contribution >= 0.6 is 11.6 Å². The Morgan fingerprint density at radius 2 is 1.76 bits per heavy atom. The molecule has 0 bridgehead atoms. The molecule has 1 amide bonds. The fraction of sp³-hybridized carbons (Fsp3) is 0.200. The molecular formula is C25H22ClN7O4. The third-order valence-electron chi connectivity index (χ3n) is 5.63. The van der Waals surface area contributed by atoms with E-state index in [0.29, 0.717) is 16.5 Å². The van der Waals surface area contributed by atoms with Crippen LogP contribution in [0.3, 0.4) is 0 Å². The van der Waals surface area contributed by atoms with Gasteiger partial charge in [-0.3, -0.25) is 9.36 Å². The zero-order valence-corrected chi connectivity index (χ0v) is 20.5. The number of carbonyl (C=O) groups is 1. The third-order valence-corrected chi connectivity index (χ3v) is 5.89. The summed E-state index contributed by atoms with van der Waals surface area (Å²) < 4.78 is 8.02. The SMILES string of the molecule is Cn1c(=O)nc(Nc2ccc(Oc3ccc(C(=O)NC4CC4)nn3)cc2)n(Cc2ccc(Cl)cc2)c1=O. The molecule has 188 valence electrons. The number of amides is 1. The summed E-state index contributed by atoms with van der Waals surface area (Å²) in [4.78, 5) is 41.1. The summed E-state index contributed by atoms with van der Waals surface area (Å²) in [5.74, 6) is 0.553. The Kier molecular flexibility index (Phi) is 6.69. The van der Waals surface area contributed by atoms with Crippen LogP contribution in [0.1, 0.15) is 28.9 Å². The van der Waals surface area contributed by atoms with Gasteiger partial charge in [0.15, 0.2) is 5.69 Å². The number of nitrogens with one attached hydrogen (secondary N) is 2. The molecule has 0 atom stereocenters. The largest absolute Gasteiger partial charge is 0.438 e. The highest BCUT2D eigenvalue weighted by Gasteiger charge is 2.24. The molecule has 1 aliphatic rings. The van der Waals surface area contributed by atoms with E-state index in [1.807, 2.05) is 0 Å². The molecule has 11 nitrogen and oxygen atoms in total. The van der Waals surface area contributed by atoms with E-state index < -0.39 is 11.4 Å². The molecule has 0 spiro atoms. The Bertz CT molecular complexity index is 1540. The maximum absolute atomic E-state index is 12.8. The maximum Gasteiger partial charge on any atom is 0.354 e. The number of benzene rings is 2. The summed E-state index contributed by atoms with van der Waals surface area (Å²) >= 11 is 5.96. The highest BCUT2D eigenvalue weighted by Crippen LogP contribution is 2.23. The molecule has 2 N–H and O–H groups in total. The first-order valence-corrected chi connectivity index (χ1v) is 11.9. The Morgan fingerprint density at radius 3 is 2.41 bits per heavy atom. The molecule has 37 heavy (non-hydrogen) atoms. The predicted octanol–water partition coefficient (Wildman–Crippen LogP) is 2.86. The lowest BCUT2D eigenvalue weighted by Crippen LogP contribution is -2.41. The Hall–Kier alpha value is -4.51. The number of anilines is 2. The van der Waals surface area contributed by atoms with Gasteiger partial charge in [0.2, 0.25) is 11.8 Å². The van der Waals surface area contributed by atoms with E-state index in [-0.39, 0.29) is 36.0 Å². The van der Waals surface area contributed by atoms with Crippen molar-refractivity contribution in [2.45, 2.75) is 25.4 Å². The van der Waals surface area contributed by atoms with Crippen molar-refractivity contribution in [2.24, 2.45) is 7.05 Å². The van der Waals surface area contributed by atoms with Crippen LogP contribution in [0, 0.1) is 0 Å². The molecule has 0 saturated heterocycles. The van der Waals surface area contributed by atoms with Crippen LogP contribution in [0.4, 0.5) is 11.6 Å². The van der Waals surface area contributed by atoms with Gasteiger partial charge in [-0.1, -0.05) is 23.7 Å². The van der Waals surface area contributed by atoms with Crippen LogP contribution in [-0.2, 0) is 13.6 Å². The highest BCUT2D eigenvalue weighted by atomic mass is 35.5. The first-order chi connectivity index (χ1) is 17.9. The number of hydrogen-bond acceptors (Lipinski definition) is 8. The molecule has 2 heterocycles. The van der Waals surface area contributed by atoms with Crippen LogP contribution in [0.15, 0.2) is 70.3 Å². The number of nitrogens with zero attached hydrogens (tertiary/aromatic N) is 5. The third kappa shape index (κ3) is 5.84. The van der Waals surface area contributed by atoms with E-state index in [0.717, 1.165) is 23.0 Å². The molecule has 0 unspecified atom stereocenters. The standard InChI is InChI=1S/C25H22ClN7O4/c1-32-24(35)29-23(33(25(32)36)14-15-2-4-16(26)5-3-15)28-18-8-10-19(11-9-18)37-21-13-12-20(30-31-21)22(34)27-17-6-7-17/h2-5,8-13,17H,6-7,14H2,1H3,(H,27,34)(H,28,29,35). The Morgan fingerprint density at radius 1 is 1.03 bits per heavy atom. The molecule has 2 aromatic heterocycles. The molecule has 4 aromatic rings. The van der Waals surface area contributed by atoms with E-state index >= 15 is 0 Å². The summed E-state index contributed by atoms with van der Waals surface area (Å²) in [7, 11) is 1.38. The van der Waals surface area contributed by atoms with E-state index in [9.17, 15) is 14.4 Å². The van der Waals surface area contributed by atoms with Gasteiger partial charge < -0.3 is 15.4 Å². The minimum Gasteiger partial charge on any atom is -0.438 e. The zero-order chi connectivity index (χ0) is 25.9. The summed E-state index contributed by atoms with van der Waals surface area (Å²) in [5.41, 5.74) is 0.439. The van der Waals surface area contributed by atoms with Crippen LogP contribution in [0.5, 0.6) is 11.6 Å². The van der Waals surface area contributed by atoms with Crippen LogP contribution in [0.2, 0.25) is 5.02 Å². The van der Waals surface area contributed by atoms with Crippen molar-refractivity contribution in [1.82, 2.24) is 29.6 Å². The van der Waals surface area contributed by atoms with Crippen molar-refractivity contribution in [2.75, 3.05) is 5.32 Å². The molecule has 1 aliphatic carbocycles. The van der Waals surface area contributed by atoms with E-state index in [4.69, 9.17) is 16.3 Å². The normalized spacial score (nSPS) is 12.7. The average molecular weight is 520 g/mol. The van der Waals surface area contributed by atoms with Crippen molar-refractivity contribution in [3.63, 3.8) is 0 Å². The lowest BCUT2D eigenvalue weighted by molar-refractivity contribution is 0.0945. The number of carbonyl (C=O) groups excluding carboxylic acids is 1. The van der Waals surface area contributed by atoms with Gasteiger partial charge in [0, 0.05) is 29.9 Å². The van der Waals surface area contributed by atoms with Gasteiger partial charge >= 0.3 is 11.4 Å². The molecular weight excluding hydrogens is 498 g/mol. The van der Waals surface area contributed by atoms with Gasteiger partial charge in [0.05, 0.1) is 6.54 Å². The molecule has 12 heteroatoms. The van der Waals surface area contributed by atoms with Gasteiger partial charge in [0.25, 0.3) is 5.91 Å². The average Bonchev–Trinajstić information content (AvgIpc) is 3.72. The molecule has 1 fully saturated rings. The predicted molar refractivity (Wildman–Crippen MR) is 137 cm³/mol. The van der Waals surface area contributed by atoms with Gasteiger partial charge in [-0.2, -0.15) is 4.98 Å². The second-order valence-corrected chi connectivity index (χ2v) is 8.96. The number of hydrogen-bond donors (Lipinski definition) is 2. The van der Waals surface area contributed by atoms with Crippen LogP contribution < -0.4 is 26.7 Å². The smallest absolute Gasteiger partial charge is 0.354 e. The first kappa shape index (κ1) is 24.2. The van der Waals surface area contributed by atoms with Gasteiger partial charge in [0.1, 0.15) is 5.75 Å². The molecule has 5 rings (SSSR count). The second-order valence-electron chi connectivity index (χ2n) is 8.53. The second kappa shape index (κ2) is 10.2. The van der Waals surface area contributed by atoms with Crippen molar-refractivity contribution < 1.29 is 9.53 Å². The summed E-state index contributed by atoms with van der Waals surface area (Å²) in [5, 5.41) is 14.3. The zero-order valence-electron chi connectivity index (χ0n) is 19.7. The monoisotopic (exact) mass is 519 g/mol. The minimum atomic E-state index is -0.673. The number of halogens is 1. The lowest BCUT2D eigenvalue weighted by atomic mass is 10.2. The highest BCUT2D eigenvalue weighted by molar-refractivity contribution is 6.30. The Balaban J connectivity index is 1.30. The fourth-order valence-electron chi connectivity index (χ4n) is 3.43. The van der Waals surface area contributed by atoms with Crippen molar-refractivity contribution in [1.29, 1.82) is 0 Å². The summed E-state index contributed by atoms with van der Waals surface area (Å²) in [6, 6.07) is 17.2. The molecule has 2 aromatic carbocycles. The van der Waals surface area contributed by atoms with Crippen molar-refractivity contribution >= 4 is 29.1 Å². The lowest BCUT2D eigenvalue weighted by Gasteiger charge is -2.14. The van der Waals surface area contributed by atoms with Gasteiger partial charge in [-0.05, 0) is 60.9 Å². The topological polar surface area (TPSA) is 133 Å². The first-order valence-electron chi connectivity index (χ1n) is 11.5. The van der Waals surface area contributed by atoms with Crippen molar-refractivity contribution in [3.05, 3.63) is 97.9 Å². The number of ether oxygens (including phenoxy) is 1. The molecule has 0 aliphatic heterocycles. The number of rotatable bonds is 8. The van der Waals surface area contributed by atoms with Crippen LogP contribution in [-0.4, -0.2) is 36.3 Å². The van der Waals surface area contributed by atoms with E-state index in [1.165, 1.54) is 11.6 Å². The molecule has 0 radical (unpaired) electrons. The number of aromatic nitrogens is 5. The van der Waals surface area contributed by atoms with Crippen LogP contribution in [0.25, 0.3) is 0 Å². The summed E-state index contributed by atoms with van der Waals surface area (Å²) in [6.45, 7) is 0.188. The van der Waals surface area contributed by atoms with Gasteiger partial charge in [-0.25, -0.2) is 14.2 Å². The fourth-order valence-corrected chi connectivity index (χ4v) is 3.55. The molecule has 1 saturated carbocycles. The van der Waals surface area contributed by atoms with E-state index in [2.05, 4.69) is 25.8 Å².